The highest BCUT2D eigenvalue weighted by atomic mass is 19.1. The number of hydrogen-bond acceptors (Lipinski definition) is 4. The van der Waals surface area contributed by atoms with Crippen LogP contribution >= 0.6 is 0 Å². The predicted octanol–water partition coefficient (Wildman–Crippen LogP) is 6.97. The maximum absolute atomic E-state index is 14.2. The second kappa shape index (κ2) is 12.3. The minimum Gasteiger partial charge on any atom is -0.419 e. The van der Waals surface area contributed by atoms with Crippen molar-refractivity contribution in [2.45, 2.75) is 90.4 Å². The van der Waals surface area contributed by atoms with Gasteiger partial charge in [-0.25, -0.2) is 4.39 Å². The molecule has 4 nitrogen and oxygen atoms in total. The third kappa shape index (κ3) is 6.74. The lowest BCUT2D eigenvalue weighted by Crippen LogP contribution is -1.93. The molecule has 0 amide bonds. The van der Waals surface area contributed by atoms with Crippen molar-refractivity contribution in [1.82, 2.24) is 10.2 Å². The summed E-state index contributed by atoms with van der Waals surface area (Å²) in [6, 6.07) is 7.07. The van der Waals surface area contributed by atoms with Gasteiger partial charge in [0, 0.05) is 5.56 Å². The number of benzene rings is 1. The average Bonchev–Trinajstić information content (AvgIpc) is 3.19. The van der Waals surface area contributed by atoms with Crippen molar-refractivity contribution in [3.8, 4) is 17.5 Å². The highest BCUT2D eigenvalue weighted by Crippen LogP contribution is 2.25. The molecule has 0 spiro atoms. The standard InChI is InChI=1S/C23H32FN3O/c1-3-5-6-7-8-9-10-11-12-13-19-16-20(14-15-21(19)24)23-27-26-22(28-23)18(4-2)17-25/h14-16,18H,3-13H2,1-2H3. The average molecular weight is 386 g/mol. The Bertz CT molecular complexity index is 751. The molecule has 0 bridgehead atoms. The molecule has 152 valence electrons. The largest absolute Gasteiger partial charge is 0.419 e. The van der Waals surface area contributed by atoms with Crippen LogP contribution in [0.25, 0.3) is 11.5 Å². The summed E-state index contributed by atoms with van der Waals surface area (Å²) in [5.74, 6) is 0.0801. The molecule has 5 heteroatoms. The molecular formula is C23H32FN3O. The van der Waals surface area contributed by atoms with Gasteiger partial charge in [-0.2, -0.15) is 5.26 Å². The molecule has 28 heavy (non-hydrogen) atoms. The molecular weight excluding hydrogens is 353 g/mol. The van der Waals surface area contributed by atoms with Gasteiger partial charge < -0.3 is 4.42 Å². The van der Waals surface area contributed by atoms with Crippen LogP contribution in [0.3, 0.4) is 0 Å². The fourth-order valence-electron chi connectivity index (χ4n) is 3.34. The number of halogens is 1. The zero-order valence-corrected chi connectivity index (χ0v) is 17.2. The summed E-state index contributed by atoms with van der Waals surface area (Å²) in [4.78, 5) is 0. The van der Waals surface area contributed by atoms with Gasteiger partial charge in [-0.1, -0.05) is 65.2 Å². The Hall–Kier alpha value is -2.22. The van der Waals surface area contributed by atoms with E-state index in [0.717, 1.165) is 12.8 Å². The Morgan fingerprint density at radius 2 is 1.68 bits per heavy atom. The van der Waals surface area contributed by atoms with E-state index in [2.05, 4.69) is 23.2 Å². The van der Waals surface area contributed by atoms with Crippen LogP contribution in [0.1, 0.15) is 95.4 Å². The first kappa shape index (κ1) is 22.1. The van der Waals surface area contributed by atoms with Crippen LogP contribution in [0.15, 0.2) is 22.6 Å². The van der Waals surface area contributed by atoms with Gasteiger partial charge in [-0.05, 0) is 43.0 Å². The monoisotopic (exact) mass is 385 g/mol. The maximum atomic E-state index is 14.2. The van der Waals surface area contributed by atoms with E-state index in [1.807, 2.05) is 6.92 Å². The second-order valence-corrected chi connectivity index (χ2v) is 7.42. The first-order valence-corrected chi connectivity index (χ1v) is 10.7. The summed E-state index contributed by atoms with van der Waals surface area (Å²) >= 11 is 0. The third-order valence-electron chi connectivity index (χ3n) is 5.15. The summed E-state index contributed by atoms with van der Waals surface area (Å²) in [5.41, 5.74) is 1.39. The summed E-state index contributed by atoms with van der Waals surface area (Å²) in [5, 5.41) is 17.1. The Morgan fingerprint density at radius 3 is 2.32 bits per heavy atom. The van der Waals surface area contributed by atoms with E-state index in [-0.39, 0.29) is 5.82 Å². The molecule has 0 fully saturated rings. The zero-order valence-electron chi connectivity index (χ0n) is 17.2. The molecule has 2 aromatic rings. The fourth-order valence-corrected chi connectivity index (χ4v) is 3.34. The number of nitrogens with zero attached hydrogens (tertiary/aromatic N) is 3. The molecule has 0 N–H and O–H groups in total. The quantitative estimate of drug-likeness (QED) is 0.349. The van der Waals surface area contributed by atoms with Crippen molar-refractivity contribution in [2.24, 2.45) is 0 Å². The highest BCUT2D eigenvalue weighted by molar-refractivity contribution is 5.54. The smallest absolute Gasteiger partial charge is 0.247 e. The number of unbranched alkanes of at least 4 members (excludes halogenated alkanes) is 8. The van der Waals surface area contributed by atoms with Gasteiger partial charge >= 0.3 is 0 Å². The van der Waals surface area contributed by atoms with Crippen LogP contribution in [-0.2, 0) is 6.42 Å². The van der Waals surface area contributed by atoms with Crippen molar-refractivity contribution in [1.29, 1.82) is 5.26 Å². The lowest BCUT2D eigenvalue weighted by Gasteiger charge is -2.06. The molecule has 0 aliphatic heterocycles. The second-order valence-electron chi connectivity index (χ2n) is 7.42. The number of aromatic nitrogens is 2. The van der Waals surface area contributed by atoms with E-state index in [9.17, 15) is 4.39 Å². The molecule has 1 heterocycles. The summed E-state index contributed by atoms with van der Waals surface area (Å²) in [7, 11) is 0. The van der Waals surface area contributed by atoms with Crippen LogP contribution in [0.2, 0.25) is 0 Å². The van der Waals surface area contributed by atoms with Gasteiger partial charge in [0.25, 0.3) is 0 Å². The third-order valence-corrected chi connectivity index (χ3v) is 5.15. The van der Waals surface area contributed by atoms with E-state index in [4.69, 9.17) is 9.68 Å². The van der Waals surface area contributed by atoms with Gasteiger partial charge in [0.1, 0.15) is 11.7 Å². The molecule has 2 rings (SSSR count). The van der Waals surface area contributed by atoms with E-state index < -0.39 is 5.92 Å². The van der Waals surface area contributed by atoms with Crippen molar-refractivity contribution in [3.63, 3.8) is 0 Å². The van der Waals surface area contributed by atoms with Crippen LogP contribution < -0.4 is 0 Å². The number of nitriles is 1. The van der Waals surface area contributed by atoms with Crippen molar-refractivity contribution >= 4 is 0 Å². The van der Waals surface area contributed by atoms with Crippen LogP contribution in [0.4, 0.5) is 4.39 Å². The molecule has 1 atom stereocenters. The molecule has 0 aliphatic rings. The van der Waals surface area contributed by atoms with Crippen LogP contribution in [0.5, 0.6) is 0 Å². The molecule has 0 radical (unpaired) electrons. The van der Waals surface area contributed by atoms with Crippen LogP contribution in [-0.4, -0.2) is 10.2 Å². The van der Waals surface area contributed by atoms with Crippen molar-refractivity contribution in [2.75, 3.05) is 0 Å². The minimum atomic E-state index is -0.400. The van der Waals surface area contributed by atoms with Gasteiger partial charge in [-0.15, -0.1) is 10.2 Å². The number of rotatable bonds is 13. The van der Waals surface area contributed by atoms with E-state index in [0.29, 0.717) is 35.7 Å². The summed E-state index contributed by atoms with van der Waals surface area (Å²) < 4.78 is 19.8. The van der Waals surface area contributed by atoms with Crippen LogP contribution in [0, 0.1) is 17.1 Å². The van der Waals surface area contributed by atoms with Crippen molar-refractivity contribution in [3.05, 3.63) is 35.5 Å². The predicted molar refractivity (Wildman–Crippen MR) is 109 cm³/mol. The normalized spacial score (nSPS) is 12.1. The zero-order chi connectivity index (χ0) is 20.2. The van der Waals surface area contributed by atoms with Gasteiger partial charge in [0.15, 0.2) is 0 Å². The molecule has 1 aromatic carbocycles. The minimum absolute atomic E-state index is 0.188. The molecule has 0 aliphatic carbocycles. The van der Waals surface area contributed by atoms with Gasteiger partial charge in [0.2, 0.25) is 11.8 Å². The topological polar surface area (TPSA) is 62.7 Å². The molecule has 1 aromatic heterocycles. The maximum Gasteiger partial charge on any atom is 0.247 e. The Labute approximate surface area is 168 Å². The summed E-state index contributed by atoms with van der Waals surface area (Å²) in [6.45, 7) is 4.14. The molecule has 0 saturated carbocycles. The lowest BCUT2D eigenvalue weighted by molar-refractivity contribution is 0.482. The van der Waals surface area contributed by atoms with E-state index in [1.54, 1.807) is 12.1 Å². The van der Waals surface area contributed by atoms with Crippen molar-refractivity contribution < 1.29 is 8.81 Å². The highest BCUT2D eigenvalue weighted by Gasteiger charge is 2.17. The first-order chi connectivity index (χ1) is 13.7. The molecule has 1 unspecified atom stereocenters. The summed E-state index contributed by atoms with van der Waals surface area (Å²) in [6.07, 6.45) is 12.5. The number of aryl methyl sites for hydroxylation is 1. The van der Waals surface area contributed by atoms with Gasteiger partial charge in [-0.3, -0.25) is 0 Å². The van der Waals surface area contributed by atoms with E-state index in [1.165, 1.54) is 51.0 Å². The van der Waals surface area contributed by atoms with Gasteiger partial charge in [0.05, 0.1) is 6.07 Å². The first-order valence-electron chi connectivity index (χ1n) is 10.7. The SMILES string of the molecule is CCCCCCCCCCCc1cc(-c2nnc(C(C#N)CC)o2)ccc1F. The number of hydrogen-bond donors (Lipinski definition) is 0. The fraction of sp³-hybridized carbons (Fsp3) is 0.609. The lowest BCUT2D eigenvalue weighted by atomic mass is 10.0. The Balaban J connectivity index is 1.84. The molecule has 0 saturated heterocycles. The Morgan fingerprint density at radius 1 is 1.00 bits per heavy atom. The van der Waals surface area contributed by atoms with E-state index >= 15 is 0 Å². The Kier molecular flexibility index (Phi) is 9.68.